The highest BCUT2D eigenvalue weighted by Gasteiger charge is 2.54. The monoisotopic (exact) mass is 403 g/mol. The van der Waals surface area contributed by atoms with Crippen molar-refractivity contribution in [2.75, 3.05) is 6.61 Å². The zero-order valence-electron chi connectivity index (χ0n) is 16.1. The van der Waals surface area contributed by atoms with Crippen molar-refractivity contribution in [2.24, 2.45) is 23.2 Å². The fraction of sp³-hybridized carbons (Fsp3) is 0.591. The van der Waals surface area contributed by atoms with E-state index in [0.29, 0.717) is 28.3 Å². The number of ether oxygens (including phenoxy) is 1. The van der Waals surface area contributed by atoms with Crippen LogP contribution in [0.5, 0.6) is 0 Å². The second-order valence-corrected chi connectivity index (χ2v) is 9.31. The summed E-state index contributed by atoms with van der Waals surface area (Å²) in [4.78, 5) is 37.5. The Kier molecular flexibility index (Phi) is 5.21. The number of esters is 1. The van der Waals surface area contributed by atoms with Crippen molar-refractivity contribution >= 4 is 29.3 Å². The van der Waals surface area contributed by atoms with Gasteiger partial charge in [0.1, 0.15) is 6.04 Å². The van der Waals surface area contributed by atoms with Crippen LogP contribution >= 0.6 is 11.6 Å². The Hall–Kier alpha value is -1.88. The zero-order chi connectivity index (χ0) is 19.9. The summed E-state index contributed by atoms with van der Waals surface area (Å²) in [6, 6.07) is 5.78. The van der Waals surface area contributed by atoms with Crippen LogP contribution in [0.3, 0.4) is 0 Å². The van der Waals surface area contributed by atoms with Crippen LogP contribution < -0.4 is 5.32 Å². The normalized spacial score (nSPS) is 31.3. The molecule has 0 unspecified atom stereocenters. The maximum atomic E-state index is 12.9. The van der Waals surface area contributed by atoms with E-state index in [1.54, 1.807) is 31.2 Å². The first-order valence-corrected chi connectivity index (χ1v) is 10.5. The number of ketones is 1. The van der Waals surface area contributed by atoms with E-state index in [0.717, 1.165) is 19.3 Å². The fourth-order valence-corrected chi connectivity index (χ4v) is 6.07. The molecule has 28 heavy (non-hydrogen) atoms. The molecule has 0 saturated heterocycles. The van der Waals surface area contributed by atoms with Gasteiger partial charge in [-0.1, -0.05) is 23.7 Å². The molecule has 4 saturated carbocycles. The summed E-state index contributed by atoms with van der Waals surface area (Å²) in [5.74, 6) is 1.02. The molecule has 5 rings (SSSR count). The van der Waals surface area contributed by atoms with Crippen molar-refractivity contribution in [1.82, 2.24) is 5.32 Å². The van der Waals surface area contributed by atoms with Crippen molar-refractivity contribution in [1.29, 1.82) is 0 Å². The number of benzene rings is 1. The Morgan fingerprint density at radius 3 is 2.25 bits per heavy atom. The Balaban J connectivity index is 1.31. The van der Waals surface area contributed by atoms with Gasteiger partial charge in [-0.15, -0.1) is 0 Å². The maximum Gasteiger partial charge on any atom is 0.328 e. The molecule has 6 heteroatoms. The van der Waals surface area contributed by atoms with Crippen molar-refractivity contribution < 1.29 is 19.1 Å². The molecule has 4 aliphatic rings. The predicted octanol–water partition coefficient (Wildman–Crippen LogP) is 3.79. The van der Waals surface area contributed by atoms with Crippen molar-refractivity contribution in [3.05, 3.63) is 34.9 Å². The summed E-state index contributed by atoms with van der Waals surface area (Å²) in [6.45, 7) is 1.35. The van der Waals surface area contributed by atoms with E-state index in [4.69, 9.17) is 16.3 Å². The Morgan fingerprint density at radius 1 is 1.11 bits per heavy atom. The fourth-order valence-electron chi connectivity index (χ4n) is 5.85. The van der Waals surface area contributed by atoms with Crippen LogP contribution in [0.15, 0.2) is 24.3 Å². The van der Waals surface area contributed by atoms with E-state index in [1.807, 2.05) is 0 Å². The topological polar surface area (TPSA) is 72.5 Å². The molecule has 1 aromatic rings. The lowest BCUT2D eigenvalue weighted by Crippen LogP contribution is -2.51. The standard InChI is InChI=1S/C22H26ClNO4/c1-13(24-20(26)17-4-2-3-5-18(17)23)21(27)28-12-19(25)22-9-14-6-15(10-22)8-16(7-14)11-22/h2-5,13-16H,6-12H2,1H3,(H,24,26)/t13-,14?,15?,16?,22?/m0/s1. The molecule has 0 heterocycles. The van der Waals surface area contributed by atoms with Gasteiger partial charge in [-0.25, -0.2) is 4.79 Å². The largest absolute Gasteiger partial charge is 0.456 e. The molecule has 0 radical (unpaired) electrons. The highest BCUT2D eigenvalue weighted by molar-refractivity contribution is 6.33. The Morgan fingerprint density at radius 2 is 1.68 bits per heavy atom. The molecule has 4 bridgehead atoms. The third-order valence-corrected chi connectivity index (χ3v) is 7.12. The lowest BCUT2D eigenvalue weighted by Gasteiger charge is -2.55. The molecular formula is C22H26ClNO4. The number of Topliss-reactive ketones (excluding diaryl/α,β-unsaturated/α-hetero) is 1. The van der Waals surface area contributed by atoms with E-state index in [-0.39, 0.29) is 17.8 Å². The Bertz CT molecular complexity index is 770. The van der Waals surface area contributed by atoms with Crippen LogP contribution in [0.2, 0.25) is 5.02 Å². The predicted molar refractivity (Wildman–Crippen MR) is 105 cm³/mol. The molecule has 0 aliphatic heterocycles. The summed E-state index contributed by atoms with van der Waals surface area (Å²) in [7, 11) is 0. The SMILES string of the molecule is C[C@H](NC(=O)c1ccccc1Cl)C(=O)OCC(=O)C12CC3CC(CC(C3)C1)C2. The molecule has 150 valence electrons. The molecule has 1 amide bonds. The first-order chi connectivity index (χ1) is 13.4. The quantitative estimate of drug-likeness (QED) is 0.733. The number of halogens is 1. The Labute approximate surface area is 170 Å². The highest BCUT2D eigenvalue weighted by atomic mass is 35.5. The van der Waals surface area contributed by atoms with Gasteiger partial charge in [0.05, 0.1) is 10.6 Å². The summed E-state index contributed by atoms with van der Waals surface area (Å²) in [5, 5.41) is 2.90. The third kappa shape index (κ3) is 3.69. The smallest absolute Gasteiger partial charge is 0.328 e. The molecule has 4 fully saturated rings. The van der Waals surface area contributed by atoms with Crippen LogP contribution in [0.25, 0.3) is 0 Å². The molecule has 5 nitrogen and oxygen atoms in total. The van der Waals surface area contributed by atoms with Crippen LogP contribution in [0.1, 0.15) is 55.8 Å². The van der Waals surface area contributed by atoms with Gasteiger partial charge in [0.15, 0.2) is 12.4 Å². The molecule has 4 aliphatic carbocycles. The molecule has 1 N–H and O–H groups in total. The van der Waals surface area contributed by atoms with Crippen LogP contribution in [0, 0.1) is 23.2 Å². The number of carbonyl (C=O) groups is 3. The second-order valence-electron chi connectivity index (χ2n) is 8.90. The van der Waals surface area contributed by atoms with E-state index in [2.05, 4.69) is 5.32 Å². The maximum absolute atomic E-state index is 12.9. The van der Waals surface area contributed by atoms with Crippen molar-refractivity contribution in [3.63, 3.8) is 0 Å². The number of nitrogens with one attached hydrogen (secondary N) is 1. The third-order valence-electron chi connectivity index (χ3n) is 6.79. The summed E-state index contributed by atoms with van der Waals surface area (Å²) < 4.78 is 5.29. The number of carbonyl (C=O) groups excluding carboxylic acids is 3. The molecule has 1 aromatic carbocycles. The average molecular weight is 404 g/mol. The minimum atomic E-state index is -0.854. The lowest BCUT2D eigenvalue weighted by molar-refractivity contribution is -0.158. The molecule has 1 atom stereocenters. The summed E-state index contributed by atoms with van der Waals surface area (Å²) in [6.07, 6.45) is 6.64. The van der Waals surface area contributed by atoms with E-state index >= 15 is 0 Å². The van der Waals surface area contributed by atoms with Gasteiger partial charge in [0.2, 0.25) is 0 Å². The second kappa shape index (κ2) is 7.51. The number of amides is 1. The van der Waals surface area contributed by atoms with Gasteiger partial charge >= 0.3 is 5.97 Å². The minimum absolute atomic E-state index is 0.0598. The molecular weight excluding hydrogens is 378 g/mol. The van der Waals surface area contributed by atoms with Crippen LogP contribution in [-0.4, -0.2) is 30.3 Å². The average Bonchev–Trinajstić information content (AvgIpc) is 2.64. The van der Waals surface area contributed by atoms with Gasteiger partial charge < -0.3 is 10.1 Å². The van der Waals surface area contributed by atoms with Gasteiger partial charge in [-0.2, -0.15) is 0 Å². The van der Waals surface area contributed by atoms with Gasteiger partial charge in [0.25, 0.3) is 5.91 Å². The van der Waals surface area contributed by atoms with E-state index in [9.17, 15) is 14.4 Å². The number of hydrogen-bond donors (Lipinski definition) is 1. The zero-order valence-corrected chi connectivity index (χ0v) is 16.8. The number of hydrogen-bond acceptors (Lipinski definition) is 4. The van der Waals surface area contributed by atoms with E-state index in [1.165, 1.54) is 19.3 Å². The van der Waals surface area contributed by atoms with Gasteiger partial charge in [-0.05, 0) is 75.3 Å². The van der Waals surface area contributed by atoms with Crippen molar-refractivity contribution in [2.45, 2.75) is 51.5 Å². The van der Waals surface area contributed by atoms with Crippen molar-refractivity contribution in [3.8, 4) is 0 Å². The summed E-state index contributed by atoms with van der Waals surface area (Å²) in [5.41, 5.74) is 0.0208. The highest BCUT2D eigenvalue weighted by Crippen LogP contribution is 2.60. The molecule has 0 spiro atoms. The lowest BCUT2D eigenvalue weighted by atomic mass is 9.48. The minimum Gasteiger partial charge on any atom is -0.456 e. The van der Waals surface area contributed by atoms with Gasteiger partial charge in [0, 0.05) is 5.41 Å². The first kappa shape index (κ1) is 19.4. The number of rotatable bonds is 6. The molecule has 0 aromatic heterocycles. The first-order valence-electron chi connectivity index (χ1n) is 10.1. The van der Waals surface area contributed by atoms with Crippen LogP contribution in [-0.2, 0) is 14.3 Å². The summed E-state index contributed by atoms with van der Waals surface area (Å²) >= 11 is 6.01. The van der Waals surface area contributed by atoms with Crippen LogP contribution in [0.4, 0.5) is 0 Å². The van der Waals surface area contributed by atoms with E-state index < -0.39 is 17.9 Å². The van der Waals surface area contributed by atoms with Gasteiger partial charge in [-0.3, -0.25) is 9.59 Å².